The van der Waals surface area contributed by atoms with Crippen LogP contribution in [0.25, 0.3) is 11.2 Å². The van der Waals surface area contributed by atoms with Crippen LogP contribution in [0, 0.1) is 12.8 Å². The molecule has 0 radical (unpaired) electrons. The Bertz CT molecular complexity index is 1010. The van der Waals surface area contributed by atoms with Crippen LogP contribution >= 0.6 is 0 Å². The minimum Gasteiger partial charge on any atom is -0.497 e. The summed E-state index contributed by atoms with van der Waals surface area (Å²) in [5, 5.41) is 3.14. The van der Waals surface area contributed by atoms with E-state index in [1.54, 1.807) is 7.11 Å². The molecule has 1 atom stereocenters. The predicted octanol–water partition coefficient (Wildman–Crippen LogP) is 3.63. The molecule has 3 heterocycles. The molecule has 1 N–H and O–H groups in total. The van der Waals surface area contributed by atoms with Gasteiger partial charge in [0.15, 0.2) is 5.58 Å². The molecule has 0 bridgehead atoms. The number of fused-ring (bicyclic) bond motifs is 1. The van der Waals surface area contributed by atoms with Crippen LogP contribution < -0.4 is 15.0 Å². The smallest absolute Gasteiger partial charge is 0.299 e. The Balaban J connectivity index is 1.35. The molecule has 152 valence electrons. The number of pyridine rings is 1. The van der Waals surface area contributed by atoms with E-state index in [9.17, 15) is 4.79 Å². The molecular formula is C22H26N4O3. The number of nitrogens with zero attached hydrogens (tertiary/aromatic N) is 3. The number of hydrogen-bond acceptors (Lipinski definition) is 6. The largest absolute Gasteiger partial charge is 0.497 e. The number of carbonyl (C=O) groups excluding carboxylic acids is 1. The number of anilines is 1. The van der Waals surface area contributed by atoms with Crippen molar-refractivity contribution in [3.05, 3.63) is 47.7 Å². The van der Waals surface area contributed by atoms with Gasteiger partial charge in [0, 0.05) is 24.7 Å². The molecule has 4 rings (SSSR count). The fraction of sp³-hybridized carbons (Fsp3) is 0.409. The van der Waals surface area contributed by atoms with Gasteiger partial charge in [0.1, 0.15) is 5.75 Å². The van der Waals surface area contributed by atoms with E-state index in [0.29, 0.717) is 17.2 Å². The van der Waals surface area contributed by atoms with E-state index in [-0.39, 0.29) is 17.9 Å². The summed E-state index contributed by atoms with van der Waals surface area (Å²) in [5.41, 5.74) is 3.27. The van der Waals surface area contributed by atoms with Crippen LogP contribution in [0.5, 0.6) is 5.75 Å². The number of amides is 1. The van der Waals surface area contributed by atoms with Crippen molar-refractivity contribution in [1.29, 1.82) is 0 Å². The highest BCUT2D eigenvalue weighted by atomic mass is 16.5. The standard InChI is InChI=1S/C22H26N4O3/c1-14-7-8-19-20(23-14)25-22(29-19)26-11-9-16(10-12-26)21(27)24-15(2)17-5-4-6-18(13-17)28-3/h4-8,13,15-16H,9-12H2,1-3H3,(H,24,27). The third kappa shape index (κ3) is 4.18. The Kier molecular flexibility index (Phi) is 5.38. The van der Waals surface area contributed by atoms with Crippen molar-refractivity contribution >= 4 is 23.2 Å². The normalized spacial score (nSPS) is 16.0. The highest BCUT2D eigenvalue weighted by molar-refractivity contribution is 5.79. The third-order valence-corrected chi connectivity index (χ3v) is 5.47. The van der Waals surface area contributed by atoms with E-state index in [1.807, 2.05) is 50.2 Å². The zero-order valence-corrected chi connectivity index (χ0v) is 17.0. The average Bonchev–Trinajstić information content (AvgIpc) is 3.17. The summed E-state index contributed by atoms with van der Waals surface area (Å²) in [4.78, 5) is 23.7. The maximum atomic E-state index is 12.7. The Morgan fingerprint density at radius 3 is 2.79 bits per heavy atom. The van der Waals surface area contributed by atoms with E-state index in [0.717, 1.165) is 42.9 Å². The number of nitrogens with one attached hydrogen (secondary N) is 1. The number of rotatable bonds is 5. The van der Waals surface area contributed by atoms with Gasteiger partial charge in [0.25, 0.3) is 6.01 Å². The zero-order chi connectivity index (χ0) is 20.4. The number of ether oxygens (including phenoxy) is 1. The fourth-order valence-electron chi connectivity index (χ4n) is 3.70. The Morgan fingerprint density at radius 1 is 1.24 bits per heavy atom. The second-order valence-electron chi connectivity index (χ2n) is 7.54. The van der Waals surface area contributed by atoms with Crippen molar-refractivity contribution in [2.24, 2.45) is 5.92 Å². The van der Waals surface area contributed by atoms with Crippen LogP contribution in [0.4, 0.5) is 6.01 Å². The highest BCUT2D eigenvalue weighted by Crippen LogP contribution is 2.27. The van der Waals surface area contributed by atoms with E-state index in [1.165, 1.54) is 0 Å². The molecule has 1 amide bonds. The van der Waals surface area contributed by atoms with E-state index < -0.39 is 0 Å². The lowest BCUT2D eigenvalue weighted by molar-refractivity contribution is -0.126. The number of benzene rings is 1. The first kappa shape index (κ1) is 19.2. The van der Waals surface area contributed by atoms with Crippen LogP contribution in [-0.4, -0.2) is 36.1 Å². The van der Waals surface area contributed by atoms with Crippen LogP contribution in [-0.2, 0) is 4.79 Å². The molecule has 7 nitrogen and oxygen atoms in total. The molecule has 0 saturated carbocycles. The molecule has 1 aromatic carbocycles. The first-order valence-electron chi connectivity index (χ1n) is 9.97. The van der Waals surface area contributed by atoms with Gasteiger partial charge in [-0.15, -0.1) is 0 Å². The van der Waals surface area contributed by atoms with Gasteiger partial charge in [0.05, 0.1) is 13.2 Å². The number of carbonyl (C=O) groups is 1. The van der Waals surface area contributed by atoms with Crippen LogP contribution in [0.3, 0.4) is 0 Å². The van der Waals surface area contributed by atoms with Gasteiger partial charge in [-0.2, -0.15) is 4.98 Å². The summed E-state index contributed by atoms with van der Waals surface area (Å²) in [6.07, 6.45) is 1.53. The molecule has 29 heavy (non-hydrogen) atoms. The maximum Gasteiger partial charge on any atom is 0.299 e. The molecule has 2 aromatic heterocycles. The van der Waals surface area contributed by atoms with Gasteiger partial charge >= 0.3 is 0 Å². The second-order valence-corrected chi connectivity index (χ2v) is 7.54. The number of aryl methyl sites for hydroxylation is 1. The Hall–Kier alpha value is -3.09. The third-order valence-electron chi connectivity index (χ3n) is 5.47. The lowest BCUT2D eigenvalue weighted by Crippen LogP contribution is -2.41. The summed E-state index contributed by atoms with van der Waals surface area (Å²) >= 11 is 0. The van der Waals surface area contributed by atoms with Crippen molar-refractivity contribution in [2.45, 2.75) is 32.7 Å². The number of piperidine rings is 1. The van der Waals surface area contributed by atoms with Crippen LogP contribution in [0.1, 0.15) is 37.1 Å². The van der Waals surface area contributed by atoms with Crippen molar-refractivity contribution < 1.29 is 13.9 Å². The van der Waals surface area contributed by atoms with Gasteiger partial charge in [-0.1, -0.05) is 12.1 Å². The van der Waals surface area contributed by atoms with Gasteiger partial charge in [-0.3, -0.25) is 4.79 Å². The van der Waals surface area contributed by atoms with Gasteiger partial charge in [-0.05, 0) is 56.5 Å². The Morgan fingerprint density at radius 2 is 2.03 bits per heavy atom. The molecule has 1 unspecified atom stereocenters. The van der Waals surface area contributed by atoms with Crippen molar-refractivity contribution in [3.8, 4) is 5.75 Å². The topological polar surface area (TPSA) is 80.5 Å². The molecule has 3 aromatic rings. The average molecular weight is 394 g/mol. The number of hydrogen-bond donors (Lipinski definition) is 1. The summed E-state index contributed by atoms with van der Waals surface area (Å²) in [5.74, 6) is 0.874. The van der Waals surface area contributed by atoms with Crippen molar-refractivity contribution in [1.82, 2.24) is 15.3 Å². The van der Waals surface area contributed by atoms with Crippen LogP contribution in [0.15, 0.2) is 40.8 Å². The van der Waals surface area contributed by atoms with E-state index in [2.05, 4.69) is 20.2 Å². The first-order chi connectivity index (χ1) is 14.0. The molecule has 1 aliphatic heterocycles. The highest BCUT2D eigenvalue weighted by Gasteiger charge is 2.28. The minimum atomic E-state index is -0.0676. The van der Waals surface area contributed by atoms with Crippen molar-refractivity contribution in [2.75, 3.05) is 25.1 Å². The van der Waals surface area contributed by atoms with Crippen LogP contribution in [0.2, 0.25) is 0 Å². The second kappa shape index (κ2) is 8.11. The number of methoxy groups -OCH3 is 1. The molecule has 0 aliphatic carbocycles. The predicted molar refractivity (Wildman–Crippen MR) is 111 cm³/mol. The number of oxazole rings is 1. The van der Waals surface area contributed by atoms with Crippen molar-refractivity contribution in [3.63, 3.8) is 0 Å². The van der Waals surface area contributed by atoms with E-state index in [4.69, 9.17) is 9.15 Å². The lowest BCUT2D eigenvalue weighted by atomic mass is 9.95. The quantitative estimate of drug-likeness (QED) is 0.712. The Labute approximate surface area is 170 Å². The summed E-state index contributed by atoms with van der Waals surface area (Å²) in [7, 11) is 1.64. The SMILES string of the molecule is COc1cccc(C(C)NC(=O)C2CCN(c3nc4nc(C)ccc4o3)CC2)c1. The maximum absolute atomic E-state index is 12.7. The van der Waals surface area contributed by atoms with E-state index >= 15 is 0 Å². The fourth-order valence-corrected chi connectivity index (χ4v) is 3.70. The molecule has 0 spiro atoms. The molecule has 7 heteroatoms. The molecular weight excluding hydrogens is 368 g/mol. The zero-order valence-electron chi connectivity index (χ0n) is 17.0. The van der Waals surface area contributed by atoms with Gasteiger partial charge in [0.2, 0.25) is 11.6 Å². The molecule has 1 aliphatic rings. The summed E-state index contributed by atoms with van der Waals surface area (Å²) in [6.45, 7) is 5.40. The lowest BCUT2D eigenvalue weighted by Gasteiger charge is -2.30. The minimum absolute atomic E-state index is 0.0101. The van der Waals surface area contributed by atoms with Gasteiger partial charge in [-0.25, -0.2) is 4.98 Å². The summed E-state index contributed by atoms with van der Waals surface area (Å²) < 4.78 is 11.1. The first-order valence-corrected chi connectivity index (χ1v) is 9.97. The monoisotopic (exact) mass is 394 g/mol. The molecule has 1 fully saturated rings. The van der Waals surface area contributed by atoms with Gasteiger partial charge < -0.3 is 19.4 Å². The number of aromatic nitrogens is 2. The molecule has 1 saturated heterocycles. The summed E-state index contributed by atoms with van der Waals surface area (Å²) in [6, 6.07) is 12.1.